The monoisotopic (exact) mass is 1160 g/mol. The van der Waals surface area contributed by atoms with Gasteiger partial charge in [0.25, 0.3) is 0 Å². The molecular formula is C77H97N3S3. The smallest absolute Gasteiger partial charge is 0.189 e. The van der Waals surface area contributed by atoms with E-state index < -0.39 is 0 Å². The van der Waals surface area contributed by atoms with Gasteiger partial charge >= 0.3 is 0 Å². The highest BCUT2D eigenvalue weighted by Gasteiger charge is 2.44. The number of hydrogen-bond acceptors (Lipinski definition) is 6. The third kappa shape index (κ3) is 13.2. The number of hydrogen-bond donors (Lipinski definition) is 0. The Morgan fingerprint density at radius 3 is 1.29 bits per heavy atom. The number of benzene rings is 4. The van der Waals surface area contributed by atoms with Gasteiger partial charge in [0, 0.05) is 46.0 Å². The molecule has 0 spiro atoms. The fourth-order valence-corrected chi connectivity index (χ4v) is 18.5. The van der Waals surface area contributed by atoms with E-state index in [2.05, 4.69) is 133 Å². The van der Waals surface area contributed by atoms with Crippen molar-refractivity contribution in [2.75, 3.05) is 0 Å². The minimum Gasteiger partial charge on any atom is -0.237 e. The summed E-state index contributed by atoms with van der Waals surface area (Å²) in [5.74, 6) is 0.784. The van der Waals surface area contributed by atoms with Crippen molar-refractivity contribution in [3.63, 3.8) is 0 Å². The Hall–Kier alpha value is -4.75. The molecule has 0 radical (unpaired) electrons. The lowest BCUT2D eigenvalue weighted by molar-refractivity contribution is 0.398. The molecule has 11 rings (SSSR count). The van der Waals surface area contributed by atoms with Crippen LogP contribution in [0.15, 0.2) is 91.0 Å². The molecule has 0 amide bonds. The lowest BCUT2D eigenvalue weighted by Crippen LogP contribution is -2.26. The highest BCUT2D eigenvalue weighted by molar-refractivity contribution is 7.29. The van der Waals surface area contributed by atoms with Crippen molar-refractivity contribution in [2.24, 2.45) is 0 Å². The highest BCUT2D eigenvalue weighted by atomic mass is 32.1. The van der Waals surface area contributed by atoms with Crippen LogP contribution in [0.1, 0.15) is 264 Å². The van der Waals surface area contributed by atoms with E-state index in [4.69, 9.17) is 15.0 Å². The van der Waals surface area contributed by atoms with Gasteiger partial charge in [0.05, 0.1) is 17.1 Å². The van der Waals surface area contributed by atoms with Crippen molar-refractivity contribution in [3.8, 4) is 66.0 Å². The highest BCUT2D eigenvalue weighted by Crippen LogP contribution is 2.58. The average Bonchev–Trinajstić information content (AvgIpc) is 2.58. The molecule has 0 aliphatic heterocycles. The third-order valence-electron chi connectivity index (χ3n) is 19.7. The van der Waals surface area contributed by atoms with E-state index in [1.807, 2.05) is 34.0 Å². The fraction of sp³-hybridized carbons (Fsp3) is 0.519. The summed E-state index contributed by atoms with van der Waals surface area (Å²) in [5, 5.41) is 0.981. The summed E-state index contributed by atoms with van der Waals surface area (Å²) in [6.45, 7) is 13.9. The molecule has 3 nitrogen and oxygen atoms in total. The van der Waals surface area contributed by atoms with Gasteiger partial charge in [-0.15, -0.1) is 34.0 Å². The number of nitrogens with zero attached hydrogens (tertiary/aromatic N) is 3. The predicted molar refractivity (Wildman–Crippen MR) is 363 cm³/mol. The van der Waals surface area contributed by atoms with Gasteiger partial charge in [0.15, 0.2) is 10.8 Å². The van der Waals surface area contributed by atoms with Crippen molar-refractivity contribution in [1.82, 2.24) is 15.0 Å². The van der Waals surface area contributed by atoms with E-state index in [0.717, 1.165) is 35.1 Å². The van der Waals surface area contributed by atoms with Crippen LogP contribution in [-0.2, 0) is 23.7 Å². The van der Waals surface area contributed by atoms with Crippen LogP contribution in [0.4, 0.5) is 0 Å². The molecule has 4 heterocycles. The molecule has 3 aliphatic carbocycles. The second-order valence-electron chi connectivity index (χ2n) is 25.8. The van der Waals surface area contributed by atoms with E-state index in [-0.39, 0.29) is 10.8 Å². The Morgan fingerprint density at radius 2 is 0.807 bits per heavy atom. The average molecular weight is 1160 g/mol. The van der Waals surface area contributed by atoms with E-state index in [9.17, 15) is 0 Å². The first-order valence-corrected chi connectivity index (χ1v) is 36.1. The van der Waals surface area contributed by atoms with Crippen molar-refractivity contribution < 1.29 is 0 Å². The zero-order valence-electron chi connectivity index (χ0n) is 51.9. The summed E-state index contributed by atoms with van der Waals surface area (Å²) in [7, 11) is 0. The van der Waals surface area contributed by atoms with E-state index in [1.165, 1.54) is 278 Å². The van der Waals surface area contributed by atoms with E-state index >= 15 is 0 Å². The van der Waals surface area contributed by atoms with Crippen LogP contribution in [0.5, 0.6) is 0 Å². The van der Waals surface area contributed by atoms with Gasteiger partial charge in [-0.3, -0.25) is 0 Å². The maximum absolute atomic E-state index is 5.67. The van der Waals surface area contributed by atoms with Crippen LogP contribution in [0.2, 0.25) is 0 Å². The topological polar surface area (TPSA) is 38.7 Å². The Morgan fingerprint density at radius 1 is 0.386 bits per heavy atom. The van der Waals surface area contributed by atoms with Crippen LogP contribution in [0.25, 0.3) is 75.4 Å². The summed E-state index contributed by atoms with van der Waals surface area (Å²) in [5.41, 5.74) is 20.3. The molecule has 0 N–H and O–H groups in total. The minimum absolute atomic E-state index is 0.0158. The quantitative estimate of drug-likeness (QED) is 0.0395. The molecule has 3 aliphatic rings. The fourth-order valence-electron chi connectivity index (χ4n) is 15.1. The zero-order chi connectivity index (χ0) is 57.2. The Labute approximate surface area is 513 Å². The first kappa shape index (κ1) is 60.0. The number of rotatable bonds is 32. The molecular weight excluding hydrogens is 1060 g/mol. The summed E-state index contributed by atoms with van der Waals surface area (Å²) >= 11 is 5.76. The van der Waals surface area contributed by atoms with Gasteiger partial charge in [-0.25, -0.2) is 15.0 Å². The lowest BCUT2D eigenvalue weighted by Gasteiger charge is -2.33. The molecule has 0 fully saturated rings. The number of thiazole rings is 1. The number of thiophene rings is 2. The molecule has 0 atom stereocenters. The second kappa shape index (κ2) is 28.2. The zero-order valence-corrected chi connectivity index (χ0v) is 54.3. The van der Waals surface area contributed by atoms with Crippen molar-refractivity contribution in [2.45, 2.75) is 258 Å². The summed E-state index contributed by atoms with van der Waals surface area (Å²) in [4.78, 5) is 21.0. The molecule has 0 bridgehead atoms. The minimum atomic E-state index is -0.0762. The first-order chi connectivity index (χ1) is 40.7. The van der Waals surface area contributed by atoms with Crippen molar-refractivity contribution in [1.29, 1.82) is 0 Å². The SMILES string of the molecule is CCCCCCCCC1(CCCCCCCC)c2cc(C)ccc2-c2ccc(-c3cc(-c4ccc5c(c4)C(CCCCCCCC)(CCCCCCCC)c4cc(-c6cc7sc(C)cc7s6)ccc4-5)nc(-c4nc5c(s4)CCCC5)n3)cc21. The third-order valence-corrected chi connectivity index (χ3v) is 23.1. The molecule has 83 heavy (non-hydrogen) atoms. The number of unbranched alkanes of at least 4 members (excludes halogenated alkanes) is 20. The summed E-state index contributed by atoms with van der Waals surface area (Å²) in [6, 6.07) is 37.2. The predicted octanol–water partition coefficient (Wildman–Crippen LogP) is 24.9. The van der Waals surface area contributed by atoms with Crippen LogP contribution < -0.4 is 0 Å². The molecule has 0 unspecified atom stereocenters. The Balaban J connectivity index is 1.03. The Bertz CT molecular complexity index is 3350. The van der Waals surface area contributed by atoms with Gasteiger partial charge in [-0.05, 0) is 152 Å². The van der Waals surface area contributed by atoms with Gasteiger partial charge in [-0.2, -0.15) is 0 Å². The van der Waals surface area contributed by atoms with Crippen molar-refractivity contribution >= 4 is 43.4 Å². The maximum Gasteiger partial charge on any atom is 0.189 e. The van der Waals surface area contributed by atoms with E-state index in [0.29, 0.717) is 0 Å². The second-order valence-corrected chi connectivity index (χ2v) is 29.3. The van der Waals surface area contributed by atoms with Crippen LogP contribution in [0, 0.1) is 13.8 Å². The largest absolute Gasteiger partial charge is 0.237 e. The van der Waals surface area contributed by atoms with Gasteiger partial charge < -0.3 is 0 Å². The van der Waals surface area contributed by atoms with E-state index in [1.54, 1.807) is 11.1 Å². The Kier molecular flexibility index (Phi) is 20.4. The van der Waals surface area contributed by atoms with Gasteiger partial charge in [-0.1, -0.05) is 242 Å². The molecule has 0 saturated heterocycles. The number of aryl methyl sites for hydroxylation is 4. The lowest BCUT2D eigenvalue weighted by atomic mass is 9.70. The molecule has 8 aromatic rings. The normalized spacial score (nSPS) is 14.5. The van der Waals surface area contributed by atoms with Crippen LogP contribution >= 0.6 is 34.0 Å². The van der Waals surface area contributed by atoms with Crippen LogP contribution in [-0.4, -0.2) is 15.0 Å². The maximum atomic E-state index is 5.67. The standard InChI is InChI=1S/C77H97N3S3/c1-7-11-15-19-23-29-43-76(44-30-24-20-16-12-8-2)63-47-54(5)35-39-59(63)60-40-36-56(49-64(60)76)68-52-69(79-74(78-68)75-80-67-33-27-28-34-70(67)83-75)57-37-41-61-62-42-38-58(71-53-73-72(82-71)48-55(6)81-73)51-66(62)77(65(61)50-57,45-31-25-21-17-13-9-3)46-32-26-22-18-14-10-4/h35-42,47-53H,7-34,43-46H2,1-6H3. The van der Waals surface area contributed by atoms with Crippen LogP contribution in [0.3, 0.4) is 0 Å². The number of fused-ring (bicyclic) bond motifs is 8. The van der Waals surface area contributed by atoms with Gasteiger partial charge in [0.2, 0.25) is 0 Å². The first-order valence-electron chi connectivity index (χ1n) is 33.7. The summed E-state index contributed by atoms with van der Waals surface area (Å²) < 4.78 is 2.84. The molecule has 0 saturated carbocycles. The van der Waals surface area contributed by atoms with Crippen molar-refractivity contribution in [3.05, 3.63) is 134 Å². The molecule has 6 heteroatoms. The summed E-state index contributed by atoms with van der Waals surface area (Å²) in [6.07, 6.45) is 40.8. The number of aromatic nitrogens is 3. The molecule has 4 aromatic carbocycles. The van der Waals surface area contributed by atoms with Gasteiger partial charge in [0.1, 0.15) is 0 Å². The molecule has 438 valence electrons. The molecule has 4 aromatic heterocycles.